The molecule has 0 unspecified atom stereocenters. The molecular weight excluding hydrogens is 350 g/mol. The summed E-state index contributed by atoms with van der Waals surface area (Å²) in [7, 11) is 0. The lowest BCUT2D eigenvalue weighted by Crippen LogP contribution is -2.24. The van der Waals surface area contributed by atoms with E-state index in [0.29, 0.717) is 0 Å². The average molecular weight is 370 g/mol. The summed E-state index contributed by atoms with van der Waals surface area (Å²) in [5, 5.41) is 4.59. The van der Waals surface area contributed by atoms with Crippen molar-refractivity contribution >= 4 is 44.9 Å². The fourth-order valence-electron chi connectivity index (χ4n) is 3.49. The fourth-order valence-corrected chi connectivity index (χ4v) is 5.79. The molecule has 2 aliphatic heterocycles. The number of aromatic amines is 1. The van der Waals surface area contributed by atoms with Gasteiger partial charge in [0, 0.05) is 52.4 Å². The number of aromatic nitrogens is 3. The maximum atomic E-state index is 4.59. The third-order valence-corrected chi connectivity index (χ3v) is 7.19. The Morgan fingerprint density at radius 1 is 1.28 bits per heavy atom. The van der Waals surface area contributed by atoms with E-state index in [1.165, 1.54) is 20.9 Å². The third-order valence-electron chi connectivity index (χ3n) is 4.77. The highest BCUT2D eigenvalue weighted by atomic mass is 32.2. The predicted octanol–water partition coefficient (Wildman–Crippen LogP) is 3.53. The topological polar surface area (TPSA) is 56.8 Å². The van der Waals surface area contributed by atoms with E-state index in [2.05, 4.69) is 44.4 Å². The summed E-state index contributed by atoms with van der Waals surface area (Å²) in [6.45, 7) is 5.17. The molecule has 0 radical (unpaired) electrons. The second kappa shape index (κ2) is 6.16. The van der Waals surface area contributed by atoms with E-state index in [9.17, 15) is 0 Å². The van der Waals surface area contributed by atoms with Crippen LogP contribution < -0.4 is 10.2 Å². The van der Waals surface area contributed by atoms with Crippen LogP contribution in [0, 0.1) is 6.92 Å². The summed E-state index contributed by atoms with van der Waals surface area (Å²) >= 11 is 3.90. The van der Waals surface area contributed by atoms with Crippen LogP contribution in [0.1, 0.15) is 20.9 Å². The summed E-state index contributed by atoms with van der Waals surface area (Å²) in [6, 6.07) is 2.37. The summed E-state index contributed by atoms with van der Waals surface area (Å²) < 4.78 is 0. The molecule has 2 aliphatic rings. The minimum Gasteiger partial charge on any atom is -0.346 e. The highest BCUT2D eigenvalue weighted by Gasteiger charge is 2.21. The van der Waals surface area contributed by atoms with Crippen molar-refractivity contribution in [3.05, 3.63) is 45.7 Å². The van der Waals surface area contributed by atoms with Crippen LogP contribution in [0.4, 0.5) is 5.82 Å². The molecule has 0 saturated heterocycles. The van der Waals surface area contributed by atoms with Crippen LogP contribution in [0.25, 0.3) is 15.9 Å². The van der Waals surface area contributed by atoms with Gasteiger partial charge in [-0.15, -0.1) is 23.1 Å². The standard InChI is InChI=1S/C18H19N5S2/c1-11-7-20-17-16(11)18(22-10-21-17)23-4-5-24-15(9-23)14-6-12-8-19-3-2-13(12)25-14/h6-7,9-10,19H,2-5,8H2,1H3,(H,20,21,22). The lowest BCUT2D eigenvalue weighted by Gasteiger charge is -2.25. The molecule has 5 rings (SSSR count). The second-order valence-electron chi connectivity index (χ2n) is 6.41. The number of rotatable bonds is 2. The van der Waals surface area contributed by atoms with Crippen molar-refractivity contribution < 1.29 is 0 Å². The molecule has 128 valence electrons. The Kier molecular flexibility index (Phi) is 3.80. The molecule has 0 atom stereocenters. The number of anilines is 1. The molecule has 5 nitrogen and oxygen atoms in total. The van der Waals surface area contributed by atoms with Crippen molar-refractivity contribution in [2.75, 3.05) is 23.7 Å². The van der Waals surface area contributed by atoms with Gasteiger partial charge >= 0.3 is 0 Å². The van der Waals surface area contributed by atoms with Crippen LogP contribution in [0.2, 0.25) is 0 Å². The van der Waals surface area contributed by atoms with E-state index >= 15 is 0 Å². The van der Waals surface area contributed by atoms with E-state index < -0.39 is 0 Å². The van der Waals surface area contributed by atoms with Crippen LogP contribution in [0.3, 0.4) is 0 Å². The van der Waals surface area contributed by atoms with Crippen LogP contribution >= 0.6 is 23.1 Å². The van der Waals surface area contributed by atoms with Gasteiger partial charge in [-0.1, -0.05) is 0 Å². The molecule has 0 amide bonds. The first-order valence-electron chi connectivity index (χ1n) is 8.52. The van der Waals surface area contributed by atoms with Crippen molar-refractivity contribution in [3.63, 3.8) is 0 Å². The van der Waals surface area contributed by atoms with Gasteiger partial charge in [-0.25, -0.2) is 9.97 Å². The summed E-state index contributed by atoms with van der Waals surface area (Å²) in [6.07, 6.45) is 7.08. The van der Waals surface area contributed by atoms with Gasteiger partial charge in [-0.3, -0.25) is 0 Å². The average Bonchev–Trinajstić information content (AvgIpc) is 3.26. The van der Waals surface area contributed by atoms with Gasteiger partial charge in [0.05, 0.1) is 5.39 Å². The molecule has 3 aromatic heterocycles. The minimum absolute atomic E-state index is 0.910. The maximum absolute atomic E-state index is 4.59. The van der Waals surface area contributed by atoms with E-state index in [0.717, 1.165) is 48.7 Å². The Hall–Kier alpha value is -1.83. The van der Waals surface area contributed by atoms with Crippen LogP contribution in [-0.2, 0) is 13.0 Å². The largest absolute Gasteiger partial charge is 0.346 e. The van der Waals surface area contributed by atoms with Crippen molar-refractivity contribution in [3.8, 4) is 0 Å². The van der Waals surface area contributed by atoms with Crippen molar-refractivity contribution in [2.45, 2.75) is 19.9 Å². The zero-order valence-corrected chi connectivity index (χ0v) is 15.6. The van der Waals surface area contributed by atoms with Gasteiger partial charge in [0.15, 0.2) is 0 Å². The summed E-state index contributed by atoms with van der Waals surface area (Å²) in [5.74, 6) is 2.08. The minimum atomic E-state index is 0.910. The third kappa shape index (κ3) is 2.67. The van der Waals surface area contributed by atoms with Gasteiger partial charge in [0.1, 0.15) is 17.8 Å². The zero-order valence-electron chi connectivity index (χ0n) is 14.0. The Labute approximate surface area is 154 Å². The maximum Gasteiger partial charge on any atom is 0.145 e. The van der Waals surface area contributed by atoms with Gasteiger partial charge in [0.25, 0.3) is 0 Å². The molecule has 2 N–H and O–H groups in total. The number of aryl methyl sites for hydroxylation is 1. The molecule has 25 heavy (non-hydrogen) atoms. The number of fused-ring (bicyclic) bond motifs is 2. The molecule has 0 bridgehead atoms. The lowest BCUT2D eigenvalue weighted by atomic mass is 10.1. The number of H-pyrrole nitrogens is 1. The lowest BCUT2D eigenvalue weighted by molar-refractivity contribution is 0.653. The molecule has 0 spiro atoms. The molecule has 0 fully saturated rings. The van der Waals surface area contributed by atoms with E-state index in [4.69, 9.17) is 0 Å². The smallest absolute Gasteiger partial charge is 0.145 e. The Balaban J connectivity index is 1.55. The number of nitrogens with one attached hydrogen (secondary N) is 2. The molecule has 0 aliphatic carbocycles. The molecular formula is C18H19N5S2. The van der Waals surface area contributed by atoms with E-state index in [1.54, 1.807) is 11.2 Å². The van der Waals surface area contributed by atoms with Crippen LogP contribution in [0.15, 0.2) is 24.8 Å². The fraction of sp³-hybridized carbons (Fsp3) is 0.333. The van der Waals surface area contributed by atoms with Gasteiger partial charge in [-0.05, 0) is 30.5 Å². The number of thiophene rings is 1. The number of hydrogen-bond acceptors (Lipinski definition) is 6. The Morgan fingerprint density at radius 2 is 2.24 bits per heavy atom. The predicted molar refractivity (Wildman–Crippen MR) is 106 cm³/mol. The first-order chi connectivity index (χ1) is 12.3. The summed E-state index contributed by atoms with van der Waals surface area (Å²) in [5.41, 5.74) is 3.57. The first-order valence-corrected chi connectivity index (χ1v) is 10.3. The molecule has 0 saturated carbocycles. The van der Waals surface area contributed by atoms with Gasteiger partial charge in [0.2, 0.25) is 0 Å². The van der Waals surface area contributed by atoms with Crippen molar-refractivity contribution in [1.82, 2.24) is 20.3 Å². The Bertz CT molecular complexity index is 948. The normalized spacial score (nSPS) is 17.6. The molecule has 3 aromatic rings. The number of nitrogens with zero attached hydrogens (tertiary/aromatic N) is 3. The Morgan fingerprint density at radius 3 is 3.16 bits per heavy atom. The van der Waals surface area contributed by atoms with Gasteiger partial charge in [-0.2, -0.15) is 0 Å². The highest BCUT2D eigenvalue weighted by Crippen LogP contribution is 2.39. The van der Waals surface area contributed by atoms with E-state index in [-0.39, 0.29) is 0 Å². The summed E-state index contributed by atoms with van der Waals surface area (Å²) in [4.78, 5) is 18.7. The highest BCUT2D eigenvalue weighted by molar-refractivity contribution is 8.08. The zero-order chi connectivity index (χ0) is 16.8. The van der Waals surface area contributed by atoms with Crippen LogP contribution in [-0.4, -0.2) is 33.8 Å². The van der Waals surface area contributed by atoms with E-state index in [1.807, 2.05) is 29.3 Å². The van der Waals surface area contributed by atoms with Crippen molar-refractivity contribution in [1.29, 1.82) is 0 Å². The van der Waals surface area contributed by atoms with Crippen LogP contribution in [0.5, 0.6) is 0 Å². The molecule has 7 heteroatoms. The SMILES string of the molecule is Cc1c[nH]c2ncnc(N3C=C(c4cc5c(s4)CCNC5)SCC3)c12. The number of thioether (sulfide) groups is 1. The van der Waals surface area contributed by atoms with Gasteiger partial charge < -0.3 is 15.2 Å². The monoisotopic (exact) mass is 369 g/mol. The first kappa shape index (κ1) is 15.4. The molecule has 5 heterocycles. The quantitative estimate of drug-likeness (QED) is 0.724. The van der Waals surface area contributed by atoms with Crippen molar-refractivity contribution in [2.24, 2.45) is 0 Å². The number of hydrogen-bond donors (Lipinski definition) is 2. The second-order valence-corrected chi connectivity index (χ2v) is 8.69. The molecule has 0 aromatic carbocycles.